The second-order valence-corrected chi connectivity index (χ2v) is 4.86. The highest BCUT2D eigenvalue weighted by Gasteiger charge is 2.35. The van der Waals surface area contributed by atoms with Crippen molar-refractivity contribution >= 4 is 29.2 Å². The minimum absolute atomic E-state index is 0.382. The lowest BCUT2D eigenvalue weighted by Crippen LogP contribution is -2.36. The van der Waals surface area contributed by atoms with Crippen LogP contribution in [0, 0.1) is 0 Å². The van der Waals surface area contributed by atoms with Crippen molar-refractivity contribution in [1.29, 1.82) is 0 Å². The number of hydrogen-bond donors (Lipinski definition) is 0. The average molecular weight is 223 g/mol. The Morgan fingerprint density at radius 1 is 1.43 bits per heavy atom. The van der Waals surface area contributed by atoms with Gasteiger partial charge in [-0.05, 0) is 18.3 Å². The van der Waals surface area contributed by atoms with E-state index in [2.05, 4.69) is 11.0 Å². The van der Waals surface area contributed by atoms with E-state index in [9.17, 15) is 0 Å². The lowest BCUT2D eigenvalue weighted by molar-refractivity contribution is 0.335. The molecular weight excluding hydrogens is 214 g/mol. The van der Waals surface area contributed by atoms with Gasteiger partial charge in [-0.1, -0.05) is 18.2 Å². The van der Waals surface area contributed by atoms with E-state index >= 15 is 0 Å². The van der Waals surface area contributed by atoms with Gasteiger partial charge in [-0.15, -0.1) is 11.8 Å². The summed E-state index contributed by atoms with van der Waals surface area (Å²) in [6.07, 6.45) is 0. The van der Waals surface area contributed by atoms with Gasteiger partial charge in [0.2, 0.25) is 0 Å². The summed E-state index contributed by atoms with van der Waals surface area (Å²) in [5.74, 6) is 2.05. The molecule has 72 valence electrons. The Morgan fingerprint density at radius 2 is 2.29 bits per heavy atom. The van der Waals surface area contributed by atoms with Crippen LogP contribution >= 0.6 is 24.0 Å². The Balaban J connectivity index is 2.11. The van der Waals surface area contributed by atoms with Gasteiger partial charge in [-0.3, -0.25) is 0 Å². The predicted octanol–water partition coefficient (Wildman–Crippen LogP) is 2.41. The quantitative estimate of drug-likeness (QED) is 0.626. The molecule has 0 spiro atoms. The Bertz CT molecular complexity index is 393. The molecule has 0 aliphatic carbocycles. The van der Waals surface area contributed by atoms with Crippen LogP contribution in [0.2, 0.25) is 0 Å². The first kappa shape index (κ1) is 8.56. The van der Waals surface area contributed by atoms with E-state index in [0.717, 1.165) is 18.0 Å². The molecule has 2 aliphatic heterocycles. The van der Waals surface area contributed by atoms with Gasteiger partial charge in [-0.2, -0.15) is 0 Å². The summed E-state index contributed by atoms with van der Waals surface area (Å²) in [4.78, 5) is 2.16. The zero-order valence-electron chi connectivity index (χ0n) is 7.47. The summed E-state index contributed by atoms with van der Waals surface area (Å²) in [7, 11) is 0. The molecule has 2 heterocycles. The second kappa shape index (κ2) is 3.14. The fourth-order valence-electron chi connectivity index (χ4n) is 1.84. The summed E-state index contributed by atoms with van der Waals surface area (Å²) in [6.45, 7) is 1.00. The number of ether oxygens (including phenoxy) is 1. The molecule has 1 fully saturated rings. The third kappa shape index (κ3) is 1.14. The van der Waals surface area contributed by atoms with Gasteiger partial charge in [-0.25, -0.2) is 0 Å². The number of fused-ring (bicyclic) bond motifs is 3. The van der Waals surface area contributed by atoms with Crippen LogP contribution in [0.1, 0.15) is 10.9 Å². The van der Waals surface area contributed by atoms with Crippen molar-refractivity contribution in [3.8, 4) is 5.75 Å². The normalized spacial score (nSPS) is 24.1. The number of thiocarbonyl (C=S) groups is 1. The highest BCUT2D eigenvalue weighted by Crippen LogP contribution is 2.45. The SMILES string of the molecule is S=C1Oc2ccccc2C2SCCN12. The van der Waals surface area contributed by atoms with E-state index < -0.39 is 0 Å². The first-order valence-corrected chi connectivity index (χ1v) is 6.01. The van der Waals surface area contributed by atoms with E-state index in [4.69, 9.17) is 17.0 Å². The van der Waals surface area contributed by atoms with Gasteiger partial charge in [0, 0.05) is 17.9 Å². The summed E-state index contributed by atoms with van der Waals surface area (Å²) < 4.78 is 5.59. The maximum atomic E-state index is 5.59. The van der Waals surface area contributed by atoms with Crippen LogP contribution in [0.25, 0.3) is 0 Å². The molecule has 0 aromatic heterocycles. The molecule has 0 amide bonds. The summed E-state index contributed by atoms with van der Waals surface area (Å²) >= 11 is 7.14. The van der Waals surface area contributed by atoms with Crippen LogP contribution in [0.4, 0.5) is 0 Å². The number of thioether (sulfide) groups is 1. The Hall–Kier alpha value is -0.740. The van der Waals surface area contributed by atoms with Crippen molar-refractivity contribution in [3.05, 3.63) is 29.8 Å². The molecule has 1 aromatic carbocycles. The fourth-order valence-corrected chi connectivity index (χ4v) is 3.48. The Labute approximate surface area is 92.2 Å². The highest BCUT2D eigenvalue weighted by atomic mass is 32.2. The third-order valence-electron chi connectivity index (χ3n) is 2.51. The molecule has 0 radical (unpaired) electrons. The number of benzene rings is 1. The first-order valence-electron chi connectivity index (χ1n) is 4.55. The molecule has 1 saturated heterocycles. The Morgan fingerprint density at radius 3 is 3.21 bits per heavy atom. The van der Waals surface area contributed by atoms with Gasteiger partial charge in [0.25, 0.3) is 5.17 Å². The molecule has 14 heavy (non-hydrogen) atoms. The van der Waals surface area contributed by atoms with E-state index in [1.807, 2.05) is 30.0 Å². The minimum Gasteiger partial charge on any atom is -0.431 e. The molecule has 4 heteroatoms. The van der Waals surface area contributed by atoms with Gasteiger partial charge in [0.1, 0.15) is 11.1 Å². The van der Waals surface area contributed by atoms with E-state index in [-0.39, 0.29) is 0 Å². The summed E-state index contributed by atoms with van der Waals surface area (Å²) in [5.41, 5.74) is 1.25. The maximum absolute atomic E-state index is 5.59. The highest BCUT2D eigenvalue weighted by molar-refractivity contribution is 7.99. The van der Waals surface area contributed by atoms with Gasteiger partial charge >= 0.3 is 0 Å². The summed E-state index contributed by atoms with van der Waals surface area (Å²) in [5, 5.41) is 1.01. The fraction of sp³-hybridized carbons (Fsp3) is 0.300. The first-order chi connectivity index (χ1) is 6.86. The molecule has 1 aromatic rings. The lowest BCUT2D eigenvalue weighted by Gasteiger charge is -2.32. The van der Waals surface area contributed by atoms with Crippen molar-refractivity contribution < 1.29 is 4.74 Å². The molecule has 0 saturated carbocycles. The number of para-hydroxylation sites is 1. The van der Waals surface area contributed by atoms with Crippen LogP contribution in [-0.2, 0) is 0 Å². The van der Waals surface area contributed by atoms with Crippen molar-refractivity contribution in [2.75, 3.05) is 12.3 Å². The minimum atomic E-state index is 0.382. The molecule has 2 nitrogen and oxygen atoms in total. The molecular formula is C10H9NOS2. The van der Waals surface area contributed by atoms with Crippen LogP contribution in [0.3, 0.4) is 0 Å². The topological polar surface area (TPSA) is 12.5 Å². The summed E-state index contributed by atoms with van der Waals surface area (Å²) in [6, 6.07) is 8.13. The molecule has 1 atom stereocenters. The van der Waals surface area contributed by atoms with E-state index in [0.29, 0.717) is 10.5 Å². The zero-order chi connectivity index (χ0) is 9.54. The molecule has 2 aliphatic rings. The molecule has 3 rings (SSSR count). The Kier molecular flexibility index (Phi) is 1.92. The van der Waals surface area contributed by atoms with Gasteiger partial charge in [0.05, 0.1) is 0 Å². The van der Waals surface area contributed by atoms with E-state index in [1.54, 1.807) is 0 Å². The van der Waals surface area contributed by atoms with Crippen LogP contribution < -0.4 is 4.74 Å². The third-order valence-corrected chi connectivity index (χ3v) is 4.07. The predicted molar refractivity (Wildman–Crippen MR) is 61.6 cm³/mol. The smallest absolute Gasteiger partial charge is 0.266 e. The largest absolute Gasteiger partial charge is 0.431 e. The van der Waals surface area contributed by atoms with Crippen LogP contribution in [0.15, 0.2) is 24.3 Å². The lowest BCUT2D eigenvalue weighted by atomic mass is 10.1. The van der Waals surface area contributed by atoms with Crippen molar-refractivity contribution in [2.45, 2.75) is 5.37 Å². The van der Waals surface area contributed by atoms with Crippen LogP contribution in [0.5, 0.6) is 5.75 Å². The molecule has 0 N–H and O–H groups in total. The number of nitrogens with zero attached hydrogens (tertiary/aromatic N) is 1. The molecule has 1 unspecified atom stereocenters. The van der Waals surface area contributed by atoms with Crippen molar-refractivity contribution in [3.63, 3.8) is 0 Å². The number of rotatable bonds is 0. The van der Waals surface area contributed by atoms with Crippen LogP contribution in [-0.4, -0.2) is 22.4 Å². The van der Waals surface area contributed by atoms with Gasteiger partial charge in [0.15, 0.2) is 0 Å². The second-order valence-electron chi connectivity index (χ2n) is 3.32. The van der Waals surface area contributed by atoms with Gasteiger partial charge < -0.3 is 9.64 Å². The number of hydrogen-bond acceptors (Lipinski definition) is 3. The van der Waals surface area contributed by atoms with Crippen molar-refractivity contribution in [1.82, 2.24) is 4.90 Å². The van der Waals surface area contributed by atoms with Crippen molar-refractivity contribution in [2.24, 2.45) is 0 Å². The standard InChI is InChI=1S/C10H9NOS2/c13-10-11-5-6-14-9(11)7-3-1-2-4-8(7)12-10/h1-4,9H,5-6H2. The van der Waals surface area contributed by atoms with E-state index in [1.165, 1.54) is 5.56 Å². The monoisotopic (exact) mass is 223 g/mol. The molecule has 0 bridgehead atoms. The maximum Gasteiger partial charge on any atom is 0.266 e. The average Bonchev–Trinajstić information content (AvgIpc) is 2.67. The zero-order valence-corrected chi connectivity index (χ0v) is 9.11.